The molecule has 0 radical (unpaired) electrons. The molecule has 90 valence electrons. The van der Waals surface area contributed by atoms with E-state index in [4.69, 9.17) is 11.6 Å². The van der Waals surface area contributed by atoms with Crippen LogP contribution in [0.3, 0.4) is 0 Å². The lowest BCUT2D eigenvalue weighted by atomic mass is 9.95. The van der Waals surface area contributed by atoms with E-state index in [1.54, 1.807) is 6.20 Å². The lowest BCUT2D eigenvalue weighted by Crippen LogP contribution is -2.35. The van der Waals surface area contributed by atoms with Crippen LogP contribution in [0.4, 0.5) is 5.82 Å². The lowest BCUT2D eigenvalue weighted by molar-refractivity contribution is 0.479. The number of hydrogen-bond donors (Lipinski definition) is 1. The zero-order chi connectivity index (χ0) is 12.2. The Morgan fingerprint density at radius 1 is 1.38 bits per heavy atom. The molecule has 0 aliphatic heterocycles. The van der Waals surface area contributed by atoms with Crippen LogP contribution in [0.2, 0.25) is 0 Å². The van der Waals surface area contributed by atoms with Crippen molar-refractivity contribution in [2.24, 2.45) is 0 Å². The molecule has 0 saturated heterocycles. The van der Waals surface area contributed by atoms with Gasteiger partial charge in [0.05, 0.1) is 17.6 Å². The number of alkyl halides is 1. The third-order valence-corrected chi connectivity index (χ3v) is 3.24. The van der Waals surface area contributed by atoms with E-state index in [1.807, 2.05) is 13.8 Å². The Labute approximate surface area is 103 Å². The van der Waals surface area contributed by atoms with Crippen LogP contribution in [0.15, 0.2) is 6.20 Å². The maximum Gasteiger partial charge on any atom is 0.145 e. The maximum atomic E-state index is 5.81. The van der Waals surface area contributed by atoms with Crippen molar-refractivity contribution < 1.29 is 0 Å². The van der Waals surface area contributed by atoms with E-state index in [0.29, 0.717) is 5.88 Å². The molecule has 0 aliphatic carbocycles. The first-order valence-corrected chi connectivity index (χ1v) is 6.18. The molecule has 0 fully saturated rings. The van der Waals surface area contributed by atoms with Crippen LogP contribution in [-0.2, 0) is 0 Å². The van der Waals surface area contributed by atoms with E-state index < -0.39 is 0 Å². The number of anilines is 1. The highest BCUT2D eigenvalue weighted by Gasteiger charge is 2.21. The summed E-state index contributed by atoms with van der Waals surface area (Å²) in [5, 5.41) is 3.42. The SMILES string of the molecule is CCC(C)(CCCl)Nc1cnc(C)c(C)n1. The van der Waals surface area contributed by atoms with Crippen LogP contribution in [0.1, 0.15) is 38.1 Å². The Morgan fingerprint density at radius 2 is 2.06 bits per heavy atom. The van der Waals surface area contributed by atoms with Crippen molar-refractivity contribution in [3.63, 3.8) is 0 Å². The zero-order valence-corrected chi connectivity index (χ0v) is 11.2. The van der Waals surface area contributed by atoms with E-state index in [-0.39, 0.29) is 5.54 Å². The molecule has 1 heterocycles. The van der Waals surface area contributed by atoms with Crippen LogP contribution >= 0.6 is 11.6 Å². The minimum atomic E-state index is -0.00186. The predicted octanol–water partition coefficient (Wildman–Crippen LogP) is 3.30. The quantitative estimate of drug-likeness (QED) is 0.804. The highest BCUT2D eigenvalue weighted by Crippen LogP contribution is 2.21. The van der Waals surface area contributed by atoms with Crippen LogP contribution in [0.25, 0.3) is 0 Å². The fourth-order valence-corrected chi connectivity index (χ4v) is 1.86. The molecule has 16 heavy (non-hydrogen) atoms. The van der Waals surface area contributed by atoms with Gasteiger partial charge in [0, 0.05) is 11.4 Å². The van der Waals surface area contributed by atoms with Gasteiger partial charge in [0.2, 0.25) is 0 Å². The van der Waals surface area contributed by atoms with Gasteiger partial charge >= 0.3 is 0 Å². The Kier molecular flexibility index (Phi) is 4.54. The molecule has 1 aromatic heterocycles. The zero-order valence-electron chi connectivity index (χ0n) is 10.5. The van der Waals surface area contributed by atoms with Gasteiger partial charge in [0.15, 0.2) is 0 Å². The fourth-order valence-electron chi connectivity index (χ4n) is 1.45. The highest BCUT2D eigenvalue weighted by atomic mass is 35.5. The molecule has 0 spiro atoms. The van der Waals surface area contributed by atoms with Crippen molar-refractivity contribution in [1.29, 1.82) is 0 Å². The van der Waals surface area contributed by atoms with Crippen molar-refractivity contribution in [3.05, 3.63) is 17.6 Å². The minimum Gasteiger partial charge on any atom is -0.364 e. The topological polar surface area (TPSA) is 37.8 Å². The Balaban J connectivity index is 2.81. The first-order chi connectivity index (χ1) is 7.50. The molecule has 1 aromatic rings. The second kappa shape index (κ2) is 5.48. The monoisotopic (exact) mass is 241 g/mol. The van der Waals surface area contributed by atoms with Crippen LogP contribution in [0, 0.1) is 13.8 Å². The second-order valence-corrected chi connectivity index (χ2v) is 4.78. The van der Waals surface area contributed by atoms with E-state index >= 15 is 0 Å². The largest absolute Gasteiger partial charge is 0.364 e. The molecular weight excluding hydrogens is 222 g/mol. The average molecular weight is 242 g/mol. The van der Waals surface area contributed by atoms with Crippen molar-refractivity contribution in [2.45, 2.75) is 46.1 Å². The molecule has 0 saturated carbocycles. The molecule has 1 unspecified atom stereocenters. The molecule has 4 heteroatoms. The first-order valence-electron chi connectivity index (χ1n) is 5.65. The maximum absolute atomic E-state index is 5.81. The second-order valence-electron chi connectivity index (χ2n) is 4.40. The summed E-state index contributed by atoms with van der Waals surface area (Å²) in [6, 6.07) is 0. The van der Waals surface area contributed by atoms with Gasteiger partial charge in [-0.25, -0.2) is 4.98 Å². The summed E-state index contributed by atoms with van der Waals surface area (Å²) in [6.45, 7) is 8.24. The van der Waals surface area contributed by atoms with E-state index in [2.05, 4.69) is 29.1 Å². The van der Waals surface area contributed by atoms with E-state index in [0.717, 1.165) is 30.0 Å². The van der Waals surface area contributed by atoms with E-state index in [1.165, 1.54) is 0 Å². The van der Waals surface area contributed by atoms with Crippen molar-refractivity contribution in [1.82, 2.24) is 9.97 Å². The van der Waals surface area contributed by atoms with Gasteiger partial charge in [-0.05, 0) is 33.6 Å². The fraction of sp³-hybridized carbons (Fsp3) is 0.667. The van der Waals surface area contributed by atoms with Gasteiger partial charge in [-0.15, -0.1) is 11.6 Å². The first kappa shape index (κ1) is 13.2. The van der Waals surface area contributed by atoms with E-state index in [9.17, 15) is 0 Å². The predicted molar refractivity (Wildman–Crippen MR) is 69.2 cm³/mol. The normalized spacial score (nSPS) is 14.6. The smallest absolute Gasteiger partial charge is 0.145 e. The van der Waals surface area contributed by atoms with Crippen LogP contribution in [-0.4, -0.2) is 21.4 Å². The number of aryl methyl sites for hydroxylation is 2. The average Bonchev–Trinajstić information content (AvgIpc) is 2.24. The van der Waals surface area contributed by atoms with Gasteiger partial charge in [-0.3, -0.25) is 4.98 Å². The molecule has 1 N–H and O–H groups in total. The molecule has 0 bridgehead atoms. The number of halogens is 1. The van der Waals surface area contributed by atoms with Gasteiger partial charge in [-0.1, -0.05) is 6.92 Å². The molecule has 3 nitrogen and oxygen atoms in total. The van der Waals surface area contributed by atoms with Gasteiger partial charge in [-0.2, -0.15) is 0 Å². The molecule has 1 atom stereocenters. The molecule has 0 amide bonds. The third-order valence-electron chi connectivity index (χ3n) is 3.05. The standard InChI is InChI=1S/C12H20ClN3/c1-5-12(4,6-7-13)16-11-8-14-9(2)10(3)15-11/h8H,5-7H2,1-4H3,(H,15,16). The summed E-state index contributed by atoms with van der Waals surface area (Å²) in [6.07, 6.45) is 3.71. The van der Waals surface area contributed by atoms with Crippen molar-refractivity contribution >= 4 is 17.4 Å². The van der Waals surface area contributed by atoms with Crippen LogP contribution < -0.4 is 5.32 Å². The van der Waals surface area contributed by atoms with Gasteiger partial charge in [0.1, 0.15) is 5.82 Å². The molecule has 1 rings (SSSR count). The summed E-state index contributed by atoms with van der Waals surface area (Å²) >= 11 is 5.81. The number of aromatic nitrogens is 2. The summed E-state index contributed by atoms with van der Waals surface area (Å²) in [5.74, 6) is 1.48. The lowest BCUT2D eigenvalue weighted by Gasteiger charge is -2.29. The molecular formula is C12H20ClN3. The Bertz CT molecular complexity index is 354. The summed E-state index contributed by atoms with van der Waals surface area (Å²) < 4.78 is 0. The minimum absolute atomic E-state index is 0.00186. The number of hydrogen-bond acceptors (Lipinski definition) is 3. The van der Waals surface area contributed by atoms with Crippen LogP contribution in [0.5, 0.6) is 0 Å². The van der Waals surface area contributed by atoms with Crippen molar-refractivity contribution in [3.8, 4) is 0 Å². The number of nitrogens with one attached hydrogen (secondary N) is 1. The Hall–Kier alpha value is -0.830. The summed E-state index contributed by atoms with van der Waals surface area (Å²) in [4.78, 5) is 8.77. The van der Waals surface area contributed by atoms with Crippen molar-refractivity contribution in [2.75, 3.05) is 11.2 Å². The van der Waals surface area contributed by atoms with Gasteiger partial charge in [0.25, 0.3) is 0 Å². The Morgan fingerprint density at radius 3 is 2.56 bits per heavy atom. The third kappa shape index (κ3) is 3.34. The highest BCUT2D eigenvalue weighted by molar-refractivity contribution is 6.17. The number of nitrogens with zero attached hydrogens (tertiary/aromatic N) is 2. The molecule has 0 aromatic carbocycles. The van der Waals surface area contributed by atoms with Gasteiger partial charge < -0.3 is 5.32 Å². The molecule has 0 aliphatic rings. The summed E-state index contributed by atoms with van der Waals surface area (Å²) in [5.41, 5.74) is 1.94. The number of rotatable bonds is 5. The summed E-state index contributed by atoms with van der Waals surface area (Å²) in [7, 11) is 0.